The van der Waals surface area contributed by atoms with Crippen molar-refractivity contribution < 1.29 is 22.7 Å². The quantitative estimate of drug-likeness (QED) is 0.549. The Morgan fingerprint density at radius 2 is 1.82 bits per heavy atom. The third-order valence-electron chi connectivity index (χ3n) is 5.41. The van der Waals surface area contributed by atoms with Crippen LogP contribution in [0.4, 0.5) is 0 Å². The van der Waals surface area contributed by atoms with Gasteiger partial charge in [0.15, 0.2) is 4.80 Å². The lowest BCUT2D eigenvalue weighted by atomic mass is 10.2. The summed E-state index contributed by atoms with van der Waals surface area (Å²) in [5.74, 6) is 0.302. The van der Waals surface area contributed by atoms with E-state index in [4.69, 9.17) is 9.47 Å². The first-order chi connectivity index (χ1) is 15.7. The molecule has 33 heavy (non-hydrogen) atoms. The molecule has 4 rings (SSSR count). The van der Waals surface area contributed by atoms with Crippen LogP contribution in [0.1, 0.15) is 31.1 Å². The summed E-state index contributed by atoms with van der Waals surface area (Å²) in [6.45, 7) is 6.77. The van der Waals surface area contributed by atoms with Gasteiger partial charge in [-0.15, -0.1) is 0 Å². The Bertz CT molecular complexity index is 1330. The molecule has 0 spiro atoms. The van der Waals surface area contributed by atoms with E-state index in [2.05, 4.69) is 4.99 Å². The fourth-order valence-corrected chi connectivity index (χ4v) is 6.57. The van der Waals surface area contributed by atoms with E-state index >= 15 is 0 Å². The van der Waals surface area contributed by atoms with Gasteiger partial charge in [0.2, 0.25) is 10.0 Å². The van der Waals surface area contributed by atoms with Gasteiger partial charge in [-0.3, -0.25) is 4.79 Å². The summed E-state index contributed by atoms with van der Waals surface area (Å²) in [5, 5.41) is 0. The van der Waals surface area contributed by atoms with Gasteiger partial charge in [-0.25, -0.2) is 8.42 Å². The van der Waals surface area contributed by atoms with Crippen LogP contribution in [0.15, 0.2) is 52.4 Å². The highest BCUT2D eigenvalue weighted by atomic mass is 32.2. The molecular formula is C23H27N3O5S2. The van der Waals surface area contributed by atoms with Crippen molar-refractivity contribution in [1.29, 1.82) is 0 Å². The number of hydrogen-bond acceptors (Lipinski definition) is 6. The number of nitrogens with zero attached hydrogens (tertiary/aromatic N) is 3. The summed E-state index contributed by atoms with van der Waals surface area (Å²) in [7, 11) is -1.83. The Kier molecular flexibility index (Phi) is 6.71. The van der Waals surface area contributed by atoms with Crippen LogP contribution in [-0.2, 0) is 21.8 Å². The zero-order valence-corrected chi connectivity index (χ0v) is 20.6. The Hall–Kier alpha value is -2.53. The Morgan fingerprint density at radius 3 is 2.45 bits per heavy atom. The van der Waals surface area contributed by atoms with Gasteiger partial charge in [-0.2, -0.15) is 9.30 Å². The summed E-state index contributed by atoms with van der Waals surface area (Å²) in [5.41, 5.74) is 1.20. The summed E-state index contributed by atoms with van der Waals surface area (Å²) >= 11 is 1.39. The van der Waals surface area contributed by atoms with Gasteiger partial charge in [0.05, 0.1) is 28.4 Å². The number of aryl methyl sites for hydroxylation is 1. The van der Waals surface area contributed by atoms with Crippen molar-refractivity contribution in [3.63, 3.8) is 0 Å². The Labute approximate surface area is 197 Å². The number of sulfonamides is 1. The maximum Gasteiger partial charge on any atom is 0.279 e. The first-order valence-electron chi connectivity index (χ1n) is 10.8. The molecule has 1 amide bonds. The molecule has 0 unspecified atom stereocenters. The molecule has 1 aromatic heterocycles. The number of ether oxygens (including phenoxy) is 2. The minimum atomic E-state index is -3.67. The second-order valence-corrected chi connectivity index (χ2v) is 10.9. The standard InChI is InChI=1S/C23H27N3O5S2/c1-5-30-19-7-6-8-20-21(19)25(4)23(32-20)24-22(27)17-9-11-18(12-10-17)33(28,29)26-13-15(2)31-16(3)14-26/h6-12,15-16H,5,13-14H2,1-4H3/t15-,16-/m1/s1. The minimum Gasteiger partial charge on any atom is -0.492 e. The number of carbonyl (C=O) groups excluding carboxylic acids is 1. The van der Waals surface area contributed by atoms with E-state index < -0.39 is 15.9 Å². The molecule has 0 bridgehead atoms. The van der Waals surface area contributed by atoms with Crippen molar-refractivity contribution in [3.8, 4) is 5.75 Å². The van der Waals surface area contributed by atoms with E-state index in [9.17, 15) is 13.2 Å². The average molecular weight is 490 g/mol. The number of aromatic nitrogens is 1. The lowest BCUT2D eigenvalue weighted by Gasteiger charge is -2.34. The van der Waals surface area contributed by atoms with Crippen molar-refractivity contribution in [1.82, 2.24) is 8.87 Å². The molecule has 2 aromatic carbocycles. The van der Waals surface area contributed by atoms with E-state index in [-0.39, 0.29) is 17.1 Å². The van der Waals surface area contributed by atoms with Crippen LogP contribution in [0.5, 0.6) is 5.75 Å². The number of fused-ring (bicyclic) bond motifs is 1. The Morgan fingerprint density at radius 1 is 1.15 bits per heavy atom. The Balaban J connectivity index is 1.61. The molecule has 1 aliphatic rings. The summed E-state index contributed by atoms with van der Waals surface area (Å²) in [6.07, 6.45) is -0.345. The molecular weight excluding hydrogens is 462 g/mol. The van der Waals surface area contributed by atoms with E-state index in [1.165, 1.54) is 39.9 Å². The molecule has 0 N–H and O–H groups in total. The second kappa shape index (κ2) is 9.38. The predicted octanol–water partition coefficient (Wildman–Crippen LogP) is 3.18. The van der Waals surface area contributed by atoms with Crippen LogP contribution in [0.25, 0.3) is 10.2 Å². The van der Waals surface area contributed by atoms with Gasteiger partial charge in [-0.05, 0) is 57.2 Å². The van der Waals surface area contributed by atoms with Crippen molar-refractivity contribution in [2.45, 2.75) is 37.9 Å². The van der Waals surface area contributed by atoms with Crippen LogP contribution in [0, 0.1) is 0 Å². The van der Waals surface area contributed by atoms with E-state index in [1.807, 2.05) is 50.6 Å². The van der Waals surface area contributed by atoms with Crippen LogP contribution < -0.4 is 9.54 Å². The largest absolute Gasteiger partial charge is 0.492 e. The zero-order valence-electron chi connectivity index (χ0n) is 19.0. The monoisotopic (exact) mass is 489 g/mol. The molecule has 0 saturated carbocycles. The van der Waals surface area contributed by atoms with Gasteiger partial charge in [0.25, 0.3) is 5.91 Å². The molecule has 1 fully saturated rings. The fourth-order valence-electron chi connectivity index (χ4n) is 3.94. The van der Waals surface area contributed by atoms with E-state index in [1.54, 1.807) is 0 Å². The number of hydrogen-bond donors (Lipinski definition) is 0. The summed E-state index contributed by atoms with van der Waals surface area (Å²) in [4.78, 5) is 17.8. The molecule has 8 nitrogen and oxygen atoms in total. The van der Waals surface area contributed by atoms with Gasteiger partial charge in [-0.1, -0.05) is 17.4 Å². The lowest BCUT2D eigenvalue weighted by molar-refractivity contribution is -0.0440. The lowest BCUT2D eigenvalue weighted by Crippen LogP contribution is -2.48. The number of para-hydroxylation sites is 1. The maximum atomic E-state index is 13.0. The SMILES string of the molecule is CCOc1cccc2sc(=NC(=O)c3ccc(S(=O)(=O)N4C[C@@H](C)O[C@H](C)C4)cc3)n(C)c12. The molecule has 2 atom stereocenters. The molecule has 2 heterocycles. The van der Waals surface area contributed by atoms with Crippen molar-refractivity contribution in [2.24, 2.45) is 12.0 Å². The average Bonchev–Trinajstić information content (AvgIpc) is 3.09. The smallest absolute Gasteiger partial charge is 0.279 e. The van der Waals surface area contributed by atoms with Gasteiger partial charge < -0.3 is 14.0 Å². The molecule has 1 aliphatic heterocycles. The maximum absolute atomic E-state index is 13.0. The van der Waals surface area contributed by atoms with Gasteiger partial charge >= 0.3 is 0 Å². The summed E-state index contributed by atoms with van der Waals surface area (Å²) < 4.78 is 41.6. The third kappa shape index (κ3) is 4.74. The number of rotatable bonds is 5. The normalized spacial score (nSPS) is 20.3. The number of morpholine rings is 1. The number of thiazole rings is 1. The highest BCUT2D eigenvalue weighted by Crippen LogP contribution is 2.27. The van der Waals surface area contributed by atoms with Crippen molar-refractivity contribution in [3.05, 3.63) is 52.8 Å². The molecule has 10 heteroatoms. The molecule has 176 valence electrons. The third-order valence-corrected chi connectivity index (χ3v) is 8.35. The van der Waals surface area contributed by atoms with Gasteiger partial charge in [0, 0.05) is 25.7 Å². The minimum absolute atomic E-state index is 0.147. The molecule has 3 aromatic rings. The van der Waals surface area contributed by atoms with E-state index in [0.717, 1.165) is 16.0 Å². The number of amides is 1. The van der Waals surface area contributed by atoms with Gasteiger partial charge in [0.1, 0.15) is 11.3 Å². The van der Waals surface area contributed by atoms with Crippen molar-refractivity contribution >= 4 is 37.5 Å². The molecule has 1 saturated heterocycles. The topological polar surface area (TPSA) is 90.2 Å². The number of carbonyl (C=O) groups is 1. The predicted molar refractivity (Wildman–Crippen MR) is 127 cm³/mol. The second-order valence-electron chi connectivity index (χ2n) is 8.00. The van der Waals surface area contributed by atoms with E-state index in [0.29, 0.717) is 30.1 Å². The zero-order chi connectivity index (χ0) is 23.8. The fraction of sp³-hybridized carbons (Fsp3) is 0.391. The summed E-state index contributed by atoms with van der Waals surface area (Å²) in [6, 6.07) is 11.7. The highest BCUT2D eigenvalue weighted by molar-refractivity contribution is 7.89. The molecule has 0 radical (unpaired) electrons. The first kappa shape index (κ1) is 23.6. The first-order valence-corrected chi connectivity index (χ1v) is 13.0. The molecule has 0 aliphatic carbocycles. The van der Waals surface area contributed by atoms with Crippen LogP contribution in [0.2, 0.25) is 0 Å². The van der Waals surface area contributed by atoms with Crippen LogP contribution in [0.3, 0.4) is 0 Å². The van der Waals surface area contributed by atoms with Crippen LogP contribution in [-0.4, -0.2) is 55.1 Å². The van der Waals surface area contributed by atoms with Crippen LogP contribution >= 0.6 is 11.3 Å². The highest BCUT2D eigenvalue weighted by Gasteiger charge is 2.32. The van der Waals surface area contributed by atoms with Crippen molar-refractivity contribution in [2.75, 3.05) is 19.7 Å². The number of benzene rings is 2.